The Kier molecular flexibility index (Phi) is 8.58. The molecule has 0 spiro atoms. The smallest absolute Gasteiger partial charge is 0.306 e. The molecule has 0 saturated heterocycles. The molecule has 4 atom stereocenters. The third kappa shape index (κ3) is 6.40. The zero-order chi connectivity index (χ0) is 25.9. The van der Waals surface area contributed by atoms with Gasteiger partial charge in [0.05, 0.1) is 17.1 Å². The number of ketones is 1. The van der Waals surface area contributed by atoms with Crippen LogP contribution in [0, 0.1) is 24.2 Å². The van der Waals surface area contributed by atoms with Crippen LogP contribution in [0.15, 0.2) is 29.8 Å². The van der Waals surface area contributed by atoms with Gasteiger partial charge in [0.1, 0.15) is 17.7 Å². The second-order valence-electron chi connectivity index (χ2n) is 11.1. The van der Waals surface area contributed by atoms with Crippen LogP contribution >= 0.6 is 0 Å². The molecule has 2 aromatic rings. The Hall–Kier alpha value is -2.47. The van der Waals surface area contributed by atoms with Crippen molar-refractivity contribution in [2.45, 2.75) is 92.3 Å². The Morgan fingerprint density at radius 3 is 2.57 bits per heavy atom. The molecule has 1 aromatic carbocycles. The monoisotopic (exact) mass is 482 g/mol. The summed E-state index contributed by atoms with van der Waals surface area (Å²) in [6.07, 6.45) is 4.91. The van der Waals surface area contributed by atoms with E-state index < -0.39 is 23.5 Å². The fourth-order valence-corrected chi connectivity index (χ4v) is 5.09. The number of aromatic nitrogens is 2. The highest BCUT2D eigenvalue weighted by Gasteiger charge is 2.37. The van der Waals surface area contributed by atoms with Gasteiger partial charge >= 0.3 is 5.97 Å². The van der Waals surface area contributed by atoms with E-state index in [9.17, 15) is 14.7 Å². The molecule has 192 valence electrons. The lowest BCUT2D eigenvalue weighted by Gasteiger charge is -2.31. The fourth-order valence-electron chi connectivity index (χ4n) is 5.09. The molecular formula is C29H42N2O4. The SMILES string of the molecule is C/C1=C/CC(c2ccc3c(c2)nc(C)n3C)OC(=O)CCC(C)(C)C(=O)[C@H](C)C(O)[C@@H](C)CCC1. The van der Waals surface area contributed by atoms with Gasteiger partial charge < -0.3 is 14.4 Å². The number of nitrogens with zero attached hydrogens (tertiary/aromatic N) is 2. The molecular weight excluding hydrogens is 440 g/mol. The topological polar surface area (TPSA) is 81.4 Å². The molecule has 0 saturated carbocycles. The predicted octanol–water partition coefficient (Wildman–Crippen LogP) is 5.99. The number of Topliss-reactive ketones (excluding diaryl/α,β-unsaturated/α-hetero) is 1. The van der Waals surface area contributed by atoms with Gasteiger partial charge in [0.15, 0.2) is 0 Å². The van der Waals surface area contributed by atoms with Crippen molar-refractivity contribution in [3.05, 3.63) is 41.2 Å². The van der Waals surface area contributed by atoms with Crippen molar-refractivity contribution in [1.29, 1.82) is 0 Å². The number of benzene rings is 1. The number of aliphatic hydroxyl groups excluding tert-OH is 1. The molecule has 2 unspecified atom stereocenters. The number of hydrogen-bond donors (Lipinski definition) is 1. The summed E-state index contributed by atoms with van der Waals surface area (Å²) in [5.41, 5.74) is 3.38. The van der Waals surface area contributed by atoms with Gasteiger partial charge in [0, 0.05) is 31.2 Å². The van der Waals surface area contributed by atoms with E-state index in [1.54, 1.807) is 0 Å². The van der Waals surface area contributed by atoms with Crippen molar-refractivity contribution in [3.8, 4) is 0 Å². The summed E-state index contributed by atoms with van der Waals surface area (Å²) >= 11 is 0. The van der Waals surface area contributed by atoms with Crippen LogP contribution in [0.2, 0.25) is 0 Å². The number of fused-ring (bicyclic) bond motifs is 1. The molecule has 35 heavy (non-hydrogen) atoms. The average Bonchev–Trinajstić information content (AvgIpc) is 3.10. The molecule has 3 rings (SSSR count). The number of aryl methyl sites for hydroxylation is 2. The number of rotatable bonds is 1. The molecule has 1 aliphatic heterocycles. The normalized spacial score (nSPS) is 29.0. The van der Waals surface area contributed by atoms with Crippen LogP contribution in [0.25, 0.3) is 11.0 Å². The number of hydrogen-bond acceptors (Lipinski definition) is 5. The van der Waals surface area contributed by atoms with Crippen molar-refractivity contribution in [1.82, 2.24) is 9.55 Å². The number of carbonyl (C=O) groups is 2. The summed E-state index contributed by atoms with van der Waals surface area (Å²) in [4.78, 5) is 30.8. The van der Waals surface area contributed by atoms with E-state index in [1.165, 1.54) is 5.57 Å². The van der Waals surface area contributed by atoms with Crippen LogP contribution in [0.4, 0.5) is 0 Å². The van der Waals surface area contributed by atoms with Gasteiger partial charge in [-0.3, -0.25) is 9.59 Å². The van der Waals surface area contributed by atoms with Gasteiger partial charge in [-0.05, 0) is 63.1 Å². The van der Waals surface area contributed by atoms with Crippen molar-refractivity contribution < 1.29 is 19.4 Å². The maximum atomic E-state index is 13.2. The maximum absolute atomic E-state index is 13.2. The molecule has 0 fully saturated rings. The Labute approximate surface area is 209 Å². The van der Waals surface area contributed by atoms with E-state index in [1.807, 2.05) is 64.4 Å². The van der Waals surface area contributed by atoms with E-state index >= 15 is 0 Å². The third-order valence-electron chi connectivity index (χ3n) is 7.81. The zero-order valence-electron chi connectivity index (χ0n) is 22.4. The largest absolute Gasteiger partial charge is 0.457 e. The number of esters is 1. The molecule has 1 aromatic heterocycles. The molecule has 1 N–H and O–H groups in total. The summed E-state index contributed by atoms with van der Waals surface area (Å²) in [6.45, 7) is 11.6. The lowest BCUT2D eigenvalue weighted by atomic mass is 9.74. The minimum absolute atomic E-state index is 0.000318. The van der Waals surface area contributed by atoms with Gasteiger partial charge in [-0.25, -0.2) is 4.98 Å². The molecule has 0 bridgehead atoms. The van der Waals surface area contributed by atoms with Crippen molar-refractivity contribution >= 4 is 22.8 Å². The Bertz CT molecular complexity index is 1100. The highest BCUT2D eigenvalue weighted by molar-refractivity contribution is 5.87. The summed E-state index contributed by atoms with van der Waals surface area (Å²) in [5, 5.41) is 10.8. The van der Waals surface area contributed by atoms with Gasteiger partial charge in [0.2, 0.25) is 0 Å². The van der Waals surface area contributed by atoms with Crippen molar-refractivity contribution in [2.75, 3.05) is 0 Å². The van der Waals surface area contributed by atoms with E-state index in [2.05, 4.69) is 18.0 Å². The molecule has 0 amide bonds. The Morgan fingerprint density at radius 2 is 1.86 bits per heavy atom. The Balaban J connectivity index is 1.89. The standard InChI is InChI=1S/C29H42N2O4/c1-18-9-8-10-19(2)27(33)20(3)28(34)29(5,6)16-15-26(32)35-25(14-11-18)22-12-13-24-23(17-22)30-21(4)31(24)7/h11-13,17,19-20,25,27,33H,8-10,14-16H2,1-7H3/b18-11-/t19-,20+,25?,27?/m0/s1. The number of aliphatic hydroxyl groups is 1. The summed E-state index contributed by atoms with van der Waals surface area (Å²) in [7, 11) is 1.99. The second kappa shape index (κ2) is 11.1. The number of ether oxygens (including phenoxy) is 1. The van der Waals surface area contributed by atoms with E-state index in [0.717, 1.165) is 41.7 Å². The van der Waals surface area contributed by atoms with Gasteiger partial charge in [0.25, 0.3) is 0 Å². The first kappa shape index (κ1) is 27.1. The third-order valence-corrected chi connectivity index (χ3v) is 7.81. The lowest BCUT2D eigenvalue weighted by molar-refractivity contribution is -0.150. The van der Waals surface area contributed by atoms with Crippen LogP contribution < -0.4 is 0 Å². The molecule has 0 aliphatic carbocycles. The molecule has 6 nitrogen and oxygen atoms in total. The molecule has 6 heteroatoms. The minimum atomic E-state index is -0.716. The number of allylic oxidation sites excluding steroid dienone is 1. The molecule has 1 aliphatic rings. The second-order valence-corrected chi connectivity index (χ2v) is 11.1. The zero-order valence-corrected chi connectivity index (χ0v) is 22.4. The number of carbonyl (C=O) groups excluding carboxylic acids is 2. The quantitative estimate of drug-likeness (QED) is 0.398. The maximum Gasteiger partial charge on any atom is 0.306 e. The number of imidazole rings is 1. The van der Waals surface area contributed by atoms with Gasteiger partial charge in [-0.2, -0.15) is 0 Å². The first-order valence-electron chi connectivity index (χ1n) is 12.9. The minimum Gasteiger partial charge on any atom is -0.457 e. The van der Waals surface area contributed by atoms with E-state index in [0.29, 0.717) is 12.8 Å². The van der Waals surface area contributed by atoms with Crippen LogP contribution in [0.3, 0.4) is 0 Å². The first-order valence-corrected chi connectivity index (χ1v) is 12.9. The van der Waals surface area contributed by atoms with Crippen LogP contribution in [-0.2, 0) is 21.4 Å². The van der Waals surface area contributed by atoms with E-state index in [4.69, 9.17) is 4.74 Å². The molecule has 2 heterocycles. The van der Waals surface area contributed by atoms with Gasteiger partial charge in [-0.1, -0.05) is 45.4 Å². The van der Waals surface area contributed by atoms with Crippen molar-refractivity contribution in [2.24, 2.45) is 24.3 Å². The predicted molar refractivity (Wildman–Crippen MR) is 139 cm³/mol. The lowest BCUT2D eigenvalue weighted by Crippen LogP contribution is -2.39. The highest BCUT2D eigenvalue weighted by atomic mass is 16.5. The van der Waals surface area contributed by atoms with Crippen molar-refractivity contribution in [3.63, 3.8) is 0 Å². The fraction of sp³-hybridized carbons (Fsp3) is 0.621. The summed E-state index contributed by atoms with van der Waals surface area (Å²) < 4.78 is 8.03. The van der Waals surface area contributed by atoms with E-state index in [-0.39, 0.29) is 24.1 Å². The first-order chi connectivity index (χ1) is 16.4. The highest BCUT2D eigenvalue weighted by Crippen LogP contribution is 2.33. The van der Waals surface area contributed by atoms with Gasteiger partial charge in [-0.15, -0.1) is 0 Å². The summed E-state index contributed by atoms with van der Waals surface area (Å²) in [5.74, 6) is 0.190. The van der Waals surface area contributed by atoms with Crippen LogP contribution in [0.1, 0.15) is 90.6 Å². The van der Waals surface area contributed by atoms with Crippen LogP contribution in [-0.4, -0.2) is 32.5 Å². The van der Waals surface area contributed by atoms with Crippen LogP contribution in [0.5, 0.6) is 0 Å². The number of cyclic esters (lactones) is 1. The summed E-state index contributed by atoms with van der Waals surface area (Å²) in [6, 6.07) is 6.06. The Morgan fingerprint density at radius 1 is 1.14 bits per heavy atom. The molecule has 0 radical (unpaired) electrons. The average molecular weight is 483 g/mol.